The average Bonchev–Trinajstić information content (AvgIpc) is 4.18. The van der Waals surface area contributed by atoms with Gasteiger partial charge >= 0.3 is 11.9 Å². The molecular weight excluding hydrogens is 1020 g/mol. The highest BCUT2D eigenvalue weighted by atomic mass is 16.4. The van der Waals surface area contributed by atoms with Crippen molar-refractivity contribution in [2.75, 3.05) is 19.6 Å². The van der Waals surface area contributed by atoms with Gasteiger partial charge in [0.2, 0.25) is 53.2 Å². The third-order valence-corrected chi connectivity index (χ3v) is 13.2. The van der Waals surface area contributed by atoms with Crippen LogP contribution >= 0.6 is 0 Å². The zero-order chi connectivity index (χ0) is 58.7. The lowest BCUT2D eigenvalue weighted by atomic mass is 9.97. The summed E-state index contributed by atoms with van der Waals surface area (Å²) < 4.78 is 0. The fourth-order valence-electron chi connectivity index (χ4n) is 8.94. The molecule has 0 aliphatic carbocycles. The SMILES string of the molecule is CC(C)C[C@H](NC(=O)[C@@H](NC(=O)[C@H](Cc1cnc[nH]1)NC(=O)[C@H](C)NC(=O)[C@@H](N)CC(=O)O)C(C)C)C(=O)N[C@H](C(=O)N1CCC[C@H]1C(=O)N[C@@H](CCCN=C(N)N)C(=O)N[C@H](C(=O)N1CCC[C@H]1C(=O)O)[C@@H](C)O)C(C)C. The van der Waals surface area contributed by atoms with E-state index in [0.717, 1.165) is 4.90 Å². The molecule has 29 heteroatoms. The number of aliphatic hydroxyl groups is 1. The number of aliphatic hydroxyl groups excluding tert-OH is 1. The Kier molecular flexibility index (Phi) is 25.4. The van der Waals surface area contributed by atoms with Gasteiger partial charge in [-0.1, -0.05) is 41.5 Å². The topological polar surface area (TPSA) is 458 Å². The lowest BCUT2D eigenvalue weighted by Crippen LogP contribution is -2.62. The van der Waals surface area contributed by atoms with E-state index in [-0.39, 0.29) is 70.0 Å². The average molecular weight is 1100 g/mol. The summed E-state index contributed by atoms with van der Waals surface area (Å²) in [6.07, 6.45) is 1.73. The van der Waals surface area contributed by atoms with Gasteiger partial charge in [-0.25, -0.2) is 9.78 Å². The number of nitrogens with two attached hydrogens (primary N) is 3. The molecule has 2 aliphatic heterocycles. The number of carbonyl (C=O) groups is 11. The minimum Gasteiger partial charge on any atom is -0.481 e. The summed E-state index contributed by atoms with van der Waals surface area (Å²) >= 11 is 0. The van der Waals surface area contributed by atoms with Crippen LogP contribution < -0.4 is 54.4 Å². The second kappa shape index (κ2) is 30.5. The van der Waals surface area contributed by atoms with Crippen LogP contribution in [0.3, 0.4) is 0 Å². The number of nitrogens with one attached hydrogen (secondary N) is 8. The molecule has 1 aromatic heterocycles. The second-order valence-electron chi connectivity index (χ2n) is 20.9. The second-order valence-corrected chi connectivity index (χ2v) is 20.9. The van der Waals surface area contributed by atoms with Crippen molar-refractivity contribution in [1.29, 1.82) is 0 Å². The number of aliphatic imine (C=N–C) groups is 1. The number of aromatic nitrogens is 2. The van der Waals surface area contributed by atoms with Gasteiger partial charge in [-0.05, 0) is 76.5 Å². The van der Waals surface area contributed by atoms with Crippen LogP contribution in [0.25, 0.3) is 0 Å². The fourth-order valence-corrected chi connectivity index (χ4v) is 8.94. The highest BCUT2D eigenvalue weighted by molar-refractivity contribution is 5.99. The van der Waals surface area contributed by atoms with E-state index in [0.29, 0.717) is 18.5 Å². The molecule has 17 N–H and O–H groups in total. The molecule has 29 nitrogen and oxygen atoms in total. The van der Waals surface area contributed by atoms with Crippen LogP contribution in [-0.4, -0.2) is 192 Å². The molecule has 2 fully saturated rings. The highest BCUT2D eigenvalue weighted by Crippen LogP contribution is 2.23. The maximum Gasteiger partial charge on any atom is 0.326 e. The van der Waals surface area contributed by atoms with Gasteiger partial charge in [0.15, 0.2) is 5.96 Å². The predicted molar refractivity (Wildman–Crippen MR) is 280 cm³/mol. The summed E-state index contributed by atoms with van der Waals surface area (Å²) in [4.78, 5) is 160. The molecule has 2 saturated heterocycles. The van der Waals surface area contributed by atoms with Gasteiger partial charge in [0, 0.05) is 37.9 Å². The number of aromatic amines is 1. The minimum atomic E-state index is -1.57. The van der Waals surface area contributed by atoms with Crippen LogP contribution in [0.5, 0.6) is 0 Å². The summed E-state index contributed by atoms with van der Waals surface area (Å²) in [5.41, 5.74) is 17.0. The normalized spacial score (nSPS) is 18.7. The Morgan fingerprint density at radius 1 is 0.679 bits per heavy atom. The van der Waals surface area contributed by atoms with Crippen molar-refractivity contribution < 1.29 is 68.1 Å². The van der Waals surface area contributed by atoms with E-state index in [9.17, 15) is 63.0 Å². The molecular formula is C49H81N15O14. The number of nitrogens with zero attached hydrogens (tertiary/aromatic N) is 4. The molecule has 2 aliphatic rings. The van der Waals surface area contributed by atoms with Crippen LogP contribution in [0.1, 0.15) is 112 Å². The summed E-state index contributed by atoms with van der Waals surface area (Å²) in [6.45, 7) is 13.0. The van der Waals surface area contributed by atoms with Crippen molar-refractivity contribution in [2.45, 2.75) is 180 Å². The van der Waals surface area contributed by atoms with E-state index >= 15 is 0 Å². The lowest BCUT2D eigenvalue weighted by molar-refractivity contribution is -0.150. The molecule has 78 heavy (non-hydrogen) atoms. The van der Waals surface area contributed by atoms with Crippen molar-refractivity contribution in [2.24, 2.45) is 39.9 Å². The zero-order valence-electron chi connectivity index (χ0n) is 45.6. The molecule has 3 rings (SSSR count). The van der Waals surface area contributed by atoms with E-state index in [1.165, 1.54) is 31.3 Å². The largest absolute Gasteiger partial charge is 0.481 e. The van der Waals surface area contributed by atoms with Crippen molar-refractivity contribution in [3.05, 3.63) is 18.2 Å². The number of carbonyl (C=O) groups excluding carboxylic acids is 9. The molecule has 9 amide bonds. The monoisotopic (exact) mass is 1100 g/mol. The Morgan fingerprint density at radius 2 is 1.22 bits per heavy atom. The quantitative estimate of drug-likeness (QED) is 0.0198. The Balaban J connectivity index is 1.81. The predicted octanol–water partition coefficient (Wildman–Crippen LogP) is -3.97. The van der Waals surface area contributed by atoms with Gasteiger partial charge in [0.25, 0.3) is 0 Å². The summed E-state index contributed by atoms with van der Waals surface area (Å²) in [5, 5.41) is 47.5. The highest BCUT2D eigenvalue weighted by Gasteiger charge is 2.43. The molecule has 0 saturated carbocycles. The van der Waals surface area contributed by atoms with Gasteiger partial charge in [-0.2, -0.15) is 0 Å². The Morgan fingerprint density at radius 3 is 1.76 bits per heavy atom. The summed E-state index contributed by atoms with van der Waals surface area (Å²) in [5.74, 6) is -11.3. The number of carboxylic acid groups (broad SMARTS) is 2. The smallest absolute Gasteiger partial charge is 0.326 e. The molecule has 436 valence electrons. The molecule has 3 heterocycles. The van der Waals surface area contributed by atoms with E-state index in [4.69, 9.17) is 22.3 Å². The van der Waals surface area contributed by atoms with E-state index in [1.54, 1.807) is 41.5 Å². The first-order valence-electron chi connectivity index (χ1n) is 26.2. The number of hydrogen-bond donors (Lipinski definition) is 14. The zero-order valence-corrected chi connectivity index (χ0v) is 45.6. The van der Waals surface area contributed by atoms with Crippen LogP contribution in [0.2, 0.25) is 0 Å². The third kappa shape index (κ3) is 19.5. The number of aliphatic carboxylic acids is 2. The Hall–Kier alpha value is -7.43. The van der Waals surface area contributed by atoms with Crippen LogP contribution in [0.4, 0.5) is 0 Å². The number of rotatable bonds is 30. The van der Waals surface area contributed by atoms with Crippen molar-refractivity contribution in [3.8, 4) is 0 Å². The summed E-state index contributed by atoms with van der Waals surface area (Å²) in [6, 6.07) is -13.1. The first-order chi connectivity index (χ1) is 36.5. The Labute approximate surface area is 452 Å². The maximum absolute atomic E-state index is 14.5. The Bertz CT molecular complexity index is 2310. The number of imidazole rings is 1. The van der Waals surface area contributed by atoms with E-state index in [2.05, 4.69) is 52.2 Å². The van der Waals surface area contributed by atoms with Gasteiger partial charge < -0.3 is 84.5 Å². The van der Waals surface area contributed by atoms with Crippen molar-refractivity contribution >= 4 is 71.1 Å². The summed E-state index contributed by atoms with van der Waals surface area (Å²) in [7, 11) is 0. The molecule has 1 aromatic rings. The minimum absolute atomic E-state index is 0.0518. The standard InChI is InChI=1S/C49H81N15O14/c1-23(2)18-31(59-45(74)36(24(3)4)60-43(72)32(19-28-21-53-22-55-28)58-39(68)26(7)56-40(69)29(50)20-35(66)67)42(71)61-37(25(5)6)46(75)63-16-10-13-33(63)44(73)57-30(12-9-15-54-49(51)52)41(70)62-38(27(8)65)47(76)64-17-11-14-34(64)48(77)78/h21-27,29-34,36-38,65H,9-20,50H2,1-8H3,(H,53,55)(H,56,69)(H,57,73)(H,58,68)(H,59,74)(H,60,72)(H,61,71)(H,62,70)(H,66,67)(H,77,78)(H4,51,52,54)/t26-,27+,29-,30-,31-,32-,33-,34-,36-,37-,38-/m0/s1. The number of carboxylic acids is 2. The van der Waals surface area contributed by atoms with Gasteiger partial charge in [-0.15, -0.1) is 0 Å². The van der Waals surface area contributed by atoms with Crippen molar-refractivity contribution in [1.82, 2.24) is 57.0 Å². The number of hydrogen-bond acceptors (Lipinski definition) is 15. The van der Waals surface area contributed by atoms with E-state index in [1.807, 2.05) is 0 Å². The number of H-pyrrole nitrogens is 1. The van der Waals surface area contributed by atoms with Crippen molar-refractivity contribution in [3.63, 3.8) is 0 Å². The fraction of sp³-hybridized carbons (Fsp3) is 0.694. The van der Waals surface area contributed by atoms with Gasteiger partial charge in [0.05, 0.1) is 24.9 Å². The molecule has 0 unspecified atom stereocenters. The first-order valence-corrected chi connectivity index (χ1v) is 26.2. The molecule has 0 bridgehead atoms. The van der Waals surface area contributed by atoms with Crippen LogP contribution in [0.15, 0.2) is 17.5 Å². The van der Waals surface area contributed by atoms with E-state index < -0.39 is 150 Å². The molecule has 11 atom stereocenters. The first kappa shape index (κ1) is 64.9. The van der Waals surface area contributed by atoms with Crippen LogP contribution in [-0.2, 0) is 59.2 Å². The lowest BCUT2D eigenvalue weighted by Gasteiger charge is -2.33. The molecule has 0 radical (unpaired) electrons. The number of guanidine groups is 1. The molecule has 0 aromatic carbocycles. The van der Waals surface area contributed by atoms with Crippen LogP contribution in [0, 0.1) is 17.8 Å². The molecule has 0 spiro atoms. The van der Waals surface area contributed by atoms with Gasteiger partial charge in [0.1, 0.15) is 54.4 Å². The third-order valence-electron chi connectivity index (χ3n) is 13.2. The number of amides is 9. The van der Waals surface area contributed by atoms with Gasteiger partial charge in [-0.3, -0.25) is 52.9 Å². The maximum atomic E-state index is 14.5. The number of likely N-dealkylation sites (tertiary alicyclic amines) is 2.